The molecular formula is C21H25N7OS. The lowest BCUT2D eigenvalue weighted by molar-refractivity contribution is 0.136. The summed E-state index contributed by atoms with van der Waals surface area (Å²) in [5, 5.41) is 19.7. The molecule has 9 heteroatoms. The van der Waals surface area contributed by atoms with Gasteiger partial charge in [-0.1, -0.05) is 6.42 Å². The molecule has 0 spiro atoms. The number of anilines is 2. The molecule has 3 aromatic rings. The number of aromatic nitrogens is 4. The summed E-state index contributed by atoms with van der Waals surface area (Å²) in [6.07, 6.45) is 5.07. The first-order chi connectivity index (χ1) is 14.6. The minimum atomic E-state index is 0.258. The summed E-state index contributed by atoms with van der Waals surface area (Å²) in [6.45, 7) is 3.85. The topological polar surface area (TPSA) is 91.9 Å². The molecule has 4 rings (SSSR count). The lowest BCUT2D eigenvalue weighted by Crippen LogP contribution is -2.33. The molecule has 0 aromatic carbocycles. The van der Waals surface area contributed by atoms with Crippen molar-refractivity contribution in [3.8, 4) is 11.9 Å². The maximum absolute atomic E-state index is 9.07. The minimum absolute atomic E-state index is 0.258. The number of methoxy groups -OCH3 is 1. The molecular weight excluding hydrogens is 398 g/mol. The first kappa shape index (κ1) is 20.3. The van der Waals surface area contributed by atoms with E-state index in [-0.39, 0.29) is 6.04 Å². The van der Waals surface area contributed by atoms with Gasteiger partial charge in [-0.05, 0) is 38.4 Å². The summed E-state index contributed by atoms with van der Waals surface area (Å²) in [4.78, 5) is 11.6. The predicted octanol–water partition coefficient (Wildman–Crippen LogP) is 3.93. The third kappa shape index (κ3) is 4.15. The Morgan fingerprint density at radius 3 is 3.07 bits per heavy atom. The van der Waals surface area contributed by atoms with Crippen molar-refractivity contribution in [1.29, 1.82) is 5.26 Å². The van der Waals surface area contributed by atoms with E-state index in [2.05, 4.69) is 31.7 Å². The van der Waals surface area contributed by atoms with Gasteiger partial charge in [-0.15, -0.1) is 11.3 Å². The van der Waals surface area contributed by atoms with Crippen LogP contribution in [0.4, 0.5) is 10.9 Å². The van der Waals surface area contributed by atoms with Gasteiger partial charge < -0.3 is 10.1 Å². The lowest BCUT2D eigenvalue weighted by Gasteiger charge is -2.34. The SMILES string of the molecule is COc1c(CN2CCCC[C@@H]2c2csc(Nc3cc(C#N)ccn3)n2)c(C)nn1C. The highest BCUT2D eigenvalue weighted by molar-refractivity contribution is 7.13. The van der Waals surface area contributed by atoms with Crippen molar-refractivity contribution in [3.63, 3.8) is 0 Å². The van der Waals surface area contributed by atoms with Crippen molar-refractivity contribution >= 4 is 22.3 Å². The number of rotatable bonds is 6. The van der Waals surface area contributed by atoms with Crippen molar-refractivity contribution in [2.45, 2.75) is 38.8 Å². The van der Waals surface area contributed by atoms with E-state index in [0.29, 0.717) is 11.4 Å². The van der Waals surface area contributed by atoms with Crippen molar-refractivity contribution in [3.05, 3.63) is 46.2 Å². The number of ether oxygens (including phenoxy) is 1. The second-order valence-corrected chi connectivity index (χ2v) is 8.28. The largest absolute Gasteiger partial charge is 0.481 e. The van der Waals surface area contributed by atoms with Crippen molar-refractivity contribution in [1.82, 2.24) is 24.6 Å². The highest BCUT2D eigenvalue weighted by Crippen LogP contribution is 2.36. The number of likely N-dealkylation sites (tertiary alicyclic amines) is 1. The van der Waals surface area contributed by atoms with Gasteiger partial charge in [-0.3, -0.25) is 4.90 Å². The highest BCUT2D eigenvalue weighted by Gasteiger charge is 2.28. The molecule has 0 aliphatic carbocycles. The summed E-state index contributed by atoms with van der Waals surface area (Å²) in [6, 6.07) is 5.81. The minimum Gasteiger partial charge on any atom is -0.481 e. The van der Waals surface area contributed by atoms with Crippen LogP contribution in [0.1, 0.15) is 47.8 Å². The third-order valence-corrected chi connectivity index (χ3v) is 6.22. The molecule has 1 aliphatic heterocycles. The van der Waals surface area contributed by atoms with Crippen LogP contribution >= 0.6 is 11.3 Å². The Hall–Kier alpha value is -2.96. The van der Waals surface area contributed by atoms with E-state index < -0.39 is 0 Å². The Morgan fingerprint density at radius 2 is 2.27 bits per heavy atom. The number of pyridine rings is 1. The van der Waals surface area contributed by atoms with Crippen molar-refractivity contribution < 1.29 is 4.74 Å². The van der Waals surface area contributed by atoms with Gasteiger partial charge >= 0.3 is 0 Å². The van der Waals surface area contributed by atoms with Gasteiger partial charge in [0.2, 0.25) is 5.88 Å². The fraction of sp³-hybridized carbons (Fsp3) is 0.429. The molecule has 3 aromatic heterocycles. The number of hydrogen-bond donors (Lipinski definition) is 1. The van der Waals surface area contributed by atoms with E-state index in [0.717, 1.165) is 47.5 Å². The Kier molecular flexibility index (Phi) is 5.97. The van der Waals surface area contributed by atoms with E-state index in [1.807, 2.05) is 14.0 Å². The van der Waals surface area contributed by atoms with Crippen LogP contribution in [-0.4, -0.2) is 38.3 Å². The van der Waals surface area contributed by atoms with Crippen LogP contribution in [0.2, 0.25) is 0 Å². The Labute approximate surface area is 180 Å². The zero-order chi connectivity index (χ0) is 21.1. The molecule has 1 saturated heterocycles. The van der Waals surface area contributed by atoms with Crippen LogP contribution in [0, 0.1) is 18.3 Å². The van der Waals surface area contributed by atoms with Crippen LogP contribution in [0.25, 0.3) is 0 Å². The summed E-state index contributed by atoms with van der Waals surface area (Å²) in [7, 11) is 3.61. The maximum atomic E-state index is 9.07. The second kappa shape index (κ2) is 8.81. The molecule has 0 saturated carbocycles. The van der Waals surface area contributed by atoms with E-state index in [9.17, 15) is 0 Å². The number of nitrogens with zero attached hydrogens (tertiary/aromatic N) is 6. The molecule has 1 N–H and O–H groups in total. The Morgan fingerprint density at radius 1 is 1.40 bits per heavy atom. The number of thiazole rings is 1. The Bertz CT molecular complexity index is 1070. The molecule has 1 atom stereocenters. The number of nitrogens with one attached hydrogen (secondary N) is 1. The molecule has 156 valence electrons. The van der Waals surface area contributed by atoms with Gasteiger partial charge in [0.1, 0.15) is 5.82 Å². The van der Waals surface area contributed by atoms with Crippen molar-refractivity contribution in [2.75, 3.05) is 19.0 Å². The molecule has 30 heavy (non-hydrogen) atoms. The van der Waals surface area contributed by atoms with Gasteiger partial charge in [0.15, 0.2) is 5.13 Å². The molecule has 0 radical (unpaired) electrons. The summed E-state index contributed by atoms with van der Waals surface area (Å²) in [5.41, 5.74) is 3.78. The quantitative estimate of drug-likeness (QED) is 0.642. The number of piperidine rings is 1. The van der Waals surface area contributed by atoms with Gasteiger partial charge in [-0.2, -0.15) is 10.4 Å². The molecule has 8 nitrogen and oxygen atoms in total. The third-order valence-electron chi connectivity index (χ3n) is 5.44. The zero-order valence-corrected chi connectivity index (χ0v) is 18.2. The zero-order valence-electron chi connectivity index (χ0n) is 17.4. The fourth-order valence-corrected chi connectivity index (χ4v) is 4.77. The number of hydrogen-bond acceptors (Lipinski definition) is 8. The molecule has 1 fully saturated rings. The number of nitriles is 1. The second-order valence-electron chi connectivity index (χ2n) is 7.42. The standard InChI is InChI=1S/C21H25N7OS/c1-14-16(20(29-3)27(2)26-14)12-28-9-5-4-6-18(28)17-13-30-21(24-17)25-19-10-15(11-22)7-8-23-19/h7-8,10,13,18H,4-6,9,12H2,1-3H3,(H,23,24,25)/t18-/m1/s1. The van der Waals surface area contributed by atoms with Crippen LogP contribution in [0.15, 0.2) is 23.7 Å². The average molecular weight is 424 g/mol. The molecule has 0 amide bonds. The monoisotopic (exact) mass is 423 g/mol. The lowest BCUT2D eigenvalue weighted by atomic mass is 9.99. The molecule has 1 aliphatic rings. The average Bonchev–Trinajstić information content (AvgIpc) is 3.32. The normalized spacial score (nSPS) is 16.9. The van der Waals surface area contributed by atoms with E-state index in [1.54, 1.807) is 41.5 Å². The first-order valence-corrected chi connectivity index (χ1v) is 10.9. The van der Waals surface area contributed by atoms with Crippen molar-refractivity contribution in [2.24, 2.45) is 7.05 Å². The van der Waals surface area contributed by atoms with Gasteiger partial charge in [-0.25, -0.2) is 14.6 Å². The van der Waals surface area contributed by atoms with E-state index >= 15 is 0 Å². The van der Waals surface area contributed by atoms with Gasteiger partial charge in [0.05, 0.1) is 41.7 Å². The smallest absolute Gasteiger partial charge is 0.216 e. The first-order valence-electron chi connectivity index (χ1n) is 9.98. The fourth-order valence-electron chi connectivity index (χ4n) is 4.01. The highest BCUT2D eigenvalue weighted by atomic mass is 32.1. The summed E-state index contributed by atoms with van der Waals surface area (Å²) in [5.74, 6) is 1.45. The van der Waals surface area contributed by atoms with Gasteiger partial charge in [0.25, 0.3) is 0 Å². The van der Waals surface area contributed by atoms with Crippen LogP contribution in [0.3, 0.4) is 0 Å². The summed E-state index contributed by atoms with van der Waals surface area (Å²) >= 11 is 1.56. The predicted molar refractivity (Wildman–Crippen MR) is 116 cm³/mol. The molecule has 0 bridgehead atoms. The number of aryl methyl sites for hydroxylation is 2. The van der Waals surface area contributed by atoms with Crippen LogP contribution in [-0.2, 0) is 13.6 Å². The van der Waals surface area contributed by atoms with Crippen LogP contribution < -0.4 is 10.1 Å². The molecule has 0 unspecified atom stereocenters. The maximum Gasteiger partial charge on any atom is 0.216 e. The molecule has 4 heterocycles. The van der Waals surface area contributed by atoms with Crippen LogP contribution in [0.5, 0.6) is 5.88 Å². The summed E-state index contributed by atoms with van der Waals surface area (Å²) < 4.78 is 7.39. The van der Waals surface area contributed by atoms with Gasteiger partial charge in [0, 0.05) is 25.2 Å². The Balaban J connectivity index is 1.53. The van der Waals surface area contributed by atoms with E-state index in [1.165, 1.54) is 12.8 Å². The van der Waals surface area contributed by atoms with E-state index in [4.69, 9.17) is 15.0 Å².